The summed E-state index contributed by atoms with van der Waals surface area (Å²) in [6.07, 6.45) is -3.48. The standard InChI is InChI=1S/C22H31F3N4O5/c23-22(24,25)15-1-3-16(4-2-15)27-21(32)28-18-6-5-17(34-19(18)14-30)7-8-26-20(31)13-29-9-11-33-12-10-29/h1-4,17-19,30H,5-14H2,(H,26,31)(H2,27,28,32)/t17-,18+,19+/m0/s1. The van der Waals surface area contributed by atoms with E-state index in [1.807, 2.05) is 4.90 Å². The van der Waals surface area contributed by atoms with Crippen molar-refractivity contribution in [3.05, 3.63) is 29.8 Å². The number of urea groups is 1. The van der Waals surface area contributed by atoms with Crippen molar-refractivity contribution in [3.63, 3.8) is 0 Å². The van der Waals surface area contributed by atoms with E-state index in [0.717, 1.165) is 25.2 Å². The highest BCUT2D eigenvalue weighted by molar-refractivity contribution is 5.89. The molecule has 12 heteroatoms. The third-order valence-corrected chi connectivity index (χ3v) is 5.84. The van der Waals surface area contributed by atoms with Crippen LogP contribution in [-0.2, 0) is 20.4 Å². The van der Waals surface area contributed by atoms with E-state index in [4.69, 9.17) is 9.47 Å². The van der Waals surface area contributed by atoms with E-state index < -0.39 is 29.9 Å². The number of carbonyl (C=O) groups excluding carboxylic acids is 2. The molecule has 4 N–H and O–H groups in total. The SMILES string of the molecule is O=C(CN1CCOCC1)NCC[C@@H]1CC[C@@H](NC(=O)Nc2ccc(C(F)(F)F)cc2)[C@@H](CO)O1. The van der Waals surface area contributed by atoms with E-state index in [-0.39, 0.29) is 24.3 Å². The Balaban J connectivity index is 1.38. The van der Waals surface area contributed by atoms with Crippen LogP contribution >= 0.6 is 0 Å². The lowest BCUT2D eigenvalue weighted by atomic mass is 9.97. The highest BCUT2D eigenvalue weighted by atomic mass is 19.4. The third-order valence-electron chi connectivity index (χ3n) is 5.84. The van der Waals surface area contributed by atoms with Gasteiger partial charge in [0, 0.05) is 25.3 Å². The van der Waals surface area contributed by atoms with Crippen LogP contribution in [0.1, 0.15) is 24.8 Å². The minimum Gasteiger partial charge on any atom is -0.394 e. The Morgan fingerprint density at radius 1 is 1.12 bits per heavy atom. The van der Waals surface area contributed by atoms with Gasteiger partial charge in [0.25, 0.3) is 0 Å². The predicted octanol–water partition coefficient (Wildman–Crippen LogP) is 1.57. The molecule has 2 fully saturated rings. The van der Waals surface area contributed by atoms with Gasteiger partial charge in [-0.1, -0.05) is 0 Å². The number of ether oxygens (including phenoxy) is 2. The predicted molar refractivity (Wildman–Crippen MR) is 117 cm³/mol. The van der Waals surface area contributed by atoms with Crippen molar-refractivity contribution in [3.8, 4) is 0 Å². The van der Waals surface area contributed by atoms with E-state index in [9.17, 15) is 27.9 Å². The third kappa shape index (κ3) is 8.12. The number of nitrogens with one attached hydrogen (secondary N) is 3. The van der Waals surface area contributed by atoms with Gasteiger partial charge in [-0.25, -0.2) is 4.79 Å². The number of hydrogen-bond acceptors (Lipinski definition) is 6. The van der Waals surface area contributed by atoms with Crippen molar-refractivity contribution < 1.29 is 37.3 Å². The molecule has 0 saturated carbocycles. The lowest BCUT2D eigenvalue weighted by Gasteiger charge is -2.36. The van der Waals surface area contributed by atoms with E-state index in [2.05, 4.69) is 16.0 Å². The Morgan fingerprint density at radius 2 is 1.82 bits per heavy atom. The number of anilines is 1. The van der Waals surface area contributed by atoms with E-state index >= 15 is 0 Å². The van der Waals surface area contributed by atoms with Crippen LogP contribution in [0.25, 0.3) is 0 Å². The van der Waals surface area contributed by atoms with E-state index in [1.165, 1.54) is 12.1 Å². The second-order valence-corrected chi connectivity index (χ2v) is 8.36. The first-order valence-corrected chi connectivity index (χ1v) is 11.3. The fourth-order valence-electron chi connectivity index (χ4n) is 3.98. The number of benzene rings is 1. The molecule has 0 radical (unpaired) electrons. The topological polar surface area (TPSA) is 112 Å². The largest absolute Gasteiger partial charge is 0.416 e. The van der Waals surface area contributed by atoms with Gasteiger partial charge in [-0.2, -0.15) is 13.2 Å². The summed E-state index contributed by atoms with van der Waals surface area (Å²) < 4.78 is 49.1. The molecule has 3 amide bonds. The van der Waals surface area contributed by atoms with Crippen molar-refractivity contribution in [1.82, 2.24) is 15.5 Å². The molecule has 1 aromatic rings. The molecule has 0 aromatic heterocycles. The molecule has 0 aliphatic carbocycles. The molecular weight excluding hydrogens is 457 g/mol. The summed E-state index contributed by atoms with van der Waals surface area (Å²) in [6.45, 7) is 3.20. The quantitative estimate of drug-likeness (QED) is 0.442. The molecule has 34 heavy (non-hydrogen) atoms. The number of morpholine rings is 1. The number of aliphatic hydroxyl groups is 1. The van der Waals surface area contributed by atoms with Gasteiger partial charge in [0.15, 0.2) is 0 Å². The normalized spacial score (nSPS) is 23.8. The van der Waals surface area contributed by atoms with Gasteiger partial charge in [0.2, 0.25) is 5.91 Å². The summed E-state index contributed by atoms with van der Waals surface area (Å²) in [5.41, 5.74) is -0.587. The van der Waals surface area contributed by atoms with Gasteiger partial charge in [-0.15, -0.1) is 0 Å². The fourth-order valence-corrected chi connectivity index (χ4v) is 3.98. The molecule has 2 aliphatic rings. The molecule has 3 rings (SSSR count). The average molecular weight is 489 g/mol. The molecule has 2 aliphatic heterocycles. The summed E-state index contributed by atoms with van der Waals surface area (Å²) in [5, 5.41) is 17.8. The average Bonchev–Trinajstić information content (AvgIpc) is 2.80. The van der Waals surface area contributed by atoms with Crippen LogP contribution in [0.5, 0.6) is 0 Å². The minimum atomic E-state index is -4.45. The molecule has 9 nitrogen and oxygen atoms in total. The van der Waals surface area contributed by atoms with Crippen molar-refractivity contribution in [2.24, 2.45) is 0 Å². The van der Waals surface area contributed by atoms with Crippen LogP contribution in [0.4, 0.5) is 23.7 Å². The van der Waals surface area contributed by atoms with Crippen LogP contribution < -0.4 is 16.0 Å². The first-order chi connectivity index (χ1) is 16.2. The number of rotatable bonds is 8. The molecule has 0 unspecified atom stereocenters. The summed E-state index contributed by atoms with van der Waals surface area (Å²) >= 11 is 0. The second kappa shape index (κ2) is 12.3. The van der Waals surface area contributed by atoms with Crippen molar-refractivity contribution in [1.29, 1.82) is 0 Å². The molecule has 1 aromatic carbocycles. The Kier molecular flexibility index (Phi) is 9.51. The van der Waals surface area contributed by atoms with Crippen molar-refractivity contribution in [2.45, 2.75) is 43.7 Å². The molecule has 2 saturated heterocycles. The van der Waals surface area contributed by atoms with Gasteiger partial charge in [0.05, 0.1) is 44.1 Å². The maximum absolute atomic E-state index is 12.7. The summed E-state index contributed by atoms with van der Waals surface area (Å²) in [6, 6.07) is 3.08. The number of halogens is 3. The van der Waals surface area contributed by atoms with Crippen molar-refractivity contribution >= 4 is 17.6 Å². The second-order valence-electron chi connectivity index (χ2n) is 8.36. The molecular formula is C22H31F3N4O5. The van der Waals surface area contributed by atoms with Crippen LogP contribution in [0.3, 0.4) is 0 Å². The first-order valence-electron chi connectivity index (χ1n) is 11.3. The highest BCUT2D eigenvalue weighted by Crippen LogP contribution is 2.29. The van der Waals surface area contributed by atoms with Gasteiger partial charge in [0.1, 0.15) is 6.10 Å². The lowest BCUT2D eigenvalue weighted by molar-refractivity contribution is -0.137. The Labute approximate surface area is 196 Å². The Morgan fingerprint density at radius 3 is 2.47 bits per heavy atom. The first kappa shape index (κ1) is 26.2. The van der Waals surface area contributed by atoms with Crippen LogP contribution in [0, 0.1) is 0 Å². The zero-order valence-corrected chi connectivity index (χ0v) is 18.8. The number of hydrogen-bond donors (Lipinski definition) is 4. The zero-order chi connectivity index (χ0) is 24.6. The Bertz CT molecular complexity index is 803. The zero-order valence-electron chi connectivity index (χ0n) is 18.8. The summed E-state index contributed by atoms with van der Waals surface area (Å²) in [4.78, 5) is 26.4. The van der Waals surface area contributed by atoms with E-state index in [1.54, 1.807) is 0 Å². The van der Waals surface area contributed by atoms with Crippen LogP contribution in [0.15, 0.2) is 24.3 Å². The molecule has 0 spiro atoms. The molecule has 2 heterocycles. The van der Waals surface area contributed by atoms with Crippen molar-refractivity contribution in [2.75, 3.05) is 51.3 Å². The summed E-state index contributed by atoms with van der Waals surface area (Å²) in [7, 11) is 0. The number of aliphatic hydroxyl groups excluding tert-OH is 1. The van der Waals surface area contributed by atoms with Gasteiger partial charge in [-0.05, 0) is 43.5 Å². The number of alkyl halides is 3. The monoisotopic (exact) mass is 488 g/mol. The van der Waals surface area contributed by atoms with Gasteiger partial charge < -0.3 is 30.5 Å². The number of carbonyl (C=O) groups is 2. The van der Waals surface area contributed by atoms with Crippen LogP contribution in [0.2, 0.25) is 0 Å². The van der Waals surface area contributed by atoms with E-state index in [0.29, 0.717) is 45.6 Å². The highest BCUT2D eigenvalue weighted by Gasteiger charge is 2.32. The molecule has 190 valence electrons. The molecule has 3 atom stereocenters. The van der Waals surface area contributed by atoms with Crippen LogP contribution in [-0.4, -0.2) is 86.2 Å². The smallest absolute Gasteiger partial charge is 0.394 e. The maximum Gasteiger partial charge on any atom is 0.416 e. The van der Waals surface area contributed by atoms with Gasteiger partial charge >= 0.3 is 12.2 Å². The number of nitrogens with zero attached hydrogens (tertiary/aromatic N) is 1. The molecule has 0 bridgehead atoms. The van der Waals surface area contributed by atoms with Gasteiger partial charge in [-0.3, -0.25) is 9.69 Å². The number of amides is 3. The fraction of sp³-hybridized carbons (Fsp3) is 0.636. The summed E-state index contributed by atoms with van der Waals surface area (Å²) in [5.74, 6) is -0.0594. The lowest BCUT2D eigenvalue weighted by Crippen LogP contribution is -2.52. The minimum absolute atomic E-state index is 0.0594. The maximum atomic E-state index is 12.7. The Hall–Kier alpha value is -2.41.